The Morgan fingerprint density at radius 2 is 1.83 bits per heavy atom. The first-order valence-electron chi connectivity index (χ1n) is 10.2. The summed E-state index contributed by atoms with van der Waals surface area (Å²) >= 11 is 0. The van der Waals surface area contributed by atoms with Crippen LogP contribution in [-0.2, 0) is 16.3 Å². The van der Waals surface area contributed by atoms with E-state index in [-0.39, 0.29) is 5.41 Å². The summed E-state index contributed by atoms with van der Waals surface area (Å²) in [7, 11) is 0. The number of rotatable bonds is 5. The zero-order valence-corrected chi connectivity index (χ0v) is 17.1. The molecule has 1 aliphatic heterocycles. The van der Waals surface area contributed by atoms with Gasteiger partial charge in [0.25, 0.3) is 0 Å². The molecule has 30 heavy (non-hydrogen) atoms. The largest absolute Gasteiger partial charge is 0.416 e. The van der Waals surface area contributed by atoms with Gasteiger partial charge in [-0.05, 0) is 57.5 Å². The summed E-state index contributed by atoms with van der Waals surface area (Å²) in [6, 6.07) is 12.6. The third-order valence-corrected chi connectivity index (χ3v) is 6.22. The van der Waals surface area contributed by atoms with Crippen LogP contribution in [0.25, 0.3) is 10.9 Å². The van der Waals surface area contributed by atoms with Crippen molar-refractivity contribution in [3.05, 3.63) is 64.8 Å². The first kappa shape index (κ1) is 20.9. The van der Waals surface area contributed by atoms with E-state index in [9.17, 15) is 13.2 Å². The number of aryl methyl sites for hydroxylation is 1. The monoisotopic (exact) mass is 417 g/mol. The number of fused-ring (bicyclic) bond motifs is 1. The molecule has 4 nitrogen and oxygen atoms in total. The molecule has 2 N–H and O–H groups in total. The molecule has 7 heteroatoms. The van der Waals surface area contributed by atoms with Crippen LogP contribution in [0.15, 0.2) is 42.5 Å². The Hall–Kier alpha value is -2.38. The van der Waals surface area contributed by atoms with Gasteiger partial charge in [0.1, 0.15) is 0 Å². The fraction of sp³-hybridized carbons (Fsp3) is 0.435. The van der Waals surface area contributed by atoms with E-state index in [1.807, 2.05) is 25.1 Å². The third-order valence-electron chi connectivity index (χ3n) is 6.22. The molecule has 0 saturated carbocycles. The number of halogens is 3. The van der Waals surface area contributed by atoms with E-state index in [0.29, 0.717) is 28.8 Å². The number of H-pyrrole nitrogens is 1. The molecule has 0 aliphatic carbocycles. The molecule has 1 aromatic heterocycles. The van der Waals surface area contributed by atoms with Gasteiger partial charge in [-0.1, -0.05) is 30.3 Å². The van der Waals surface area contributed by atoms with Gasteiger partial charge in [0.15, 0.2) is 0 Å². The molecule has 0 amide bonds. The molecule has 0 bridgehead atoms. The van der Waals surface area contributed by atoms with Crippen LogP contribution in [0.2, 0.25) is 0 Å². The van der Waals surface area contributed by atoms with Crippen molar-refractivity contribution in [2.75, 3.05) is 19.7 Å². The number of aromatic amines is 1. The van der Waals surface area contributed by atoms with Crippen LogP contribution in [0, 0.1) is 6.92 Å². The van der Waals surface area contributed by atoms with Crippen molar-refractivity contribution >= 4 is 10.9 Å². The maximum atomic E-state index is 13.5. The predicted molar refractivity (Wildman–Crippen MR) is 110 cm³/mol. The van der Waals surface area contributed by atoms with E-state index in [0.717, 1.165) is 32.0 Å². The second kappa shape index (κ2) is 8.04. The molecule has 1 atom stereocenters. The Kier molecular flexibility index (Phi) is 5.59. The highest BCUT2D eigenvalue weighted by molar-refractivity contribution is 5.85. The van der Waals surface area contributed by atoms with Crippen molar-refractivity contribution in [2.45, 2.75) is 44.4 Å². The topological polar surface area (TPSA) is 49.9 Å². The SMILES string of the molecule is Cc1n[nH]c2c(C(C)OCC3(c4ccccc4)CCNCC3)cc(C(F)(F)F)cc12. The lowest BCUT2D eigenvalue weighted by molar-refractivity contribution is -0.137. The molecule has 1 aliphatic rings. The van der Waals surface area contributed by atoms with Gasteiger partial charge in [0, 0.05) is 16.4 Å². The van der Waals surface area contributed by atoms with Crippen LogP contribution in [0.4, 0.5) is 13.2 Å². The molecule has 160 valence electrons. The first-order valence-corrected chi connectivity index (χ1v) is 10.2. The Balaban J connectivity index is 1.65. The summed E-state index contributed by atoms with van der Waals surface area (Å²) in [6.07, 6.45) is -3.09. The number of nitrogens with zero attached hydrogens (tertiary/aromatic N) is 1. The minimum absolute atomic E-state index is 0.147. The van der Waals surface area contributed by atoms with Gasteiger partial charge in [0.2, 0.25) is 0 Å². The Morgan fingerprint density at radius 3 is 2.50 bits per heavy atom. The lowest BCUT2D eigenvalue weighted by Gasteiger charge is -2.38. The Bertz CT molecular complexity index is 1010. The fourth-order valence-electron chi connectivity index (χ4n) is 4.35. The summed E-state index contributed by atoms with van der Waals surface area (Å²) in [5, 5.41) is 10.9. The molecule has 1 fully saturated rings. The van der Waals surface area contributed by atoms with Gasteiger partial charge >= 0.3 is 6.18 Å². The average Bonchev–Trinajstić information content (AvgIpc) is 3.13. The molecule has 4 rings (SSSR count). The molecule has 0 radical (unpaired) electrons. The molecular formula is C23H26F3N3O. The van der Waals surface area contributed by atoms with Crippen LogP contribution >= 0.6 is 0 Å². The number of alkyl halides is 3. The van der Waals surface area contributed by atoms with Crippen molar-refractivity contribution in [3.8, 4) is 0 Å². The second-order valence-electron chi connectivity index (χ2n) is 8.14. The summed E-state index contributed by atoms with van der Waals surface area (Å²) < 4.78 is 46.7. The van der Waals surface area contributed by atoms with Gasteiger partial charge in [-0.3, -0.25) is 5.10 Å². The molecule has 1 saturated heterocycles. The quantitative estimate of drug-likeness (QED) is 0.593. The van der Waals surface area contributed by atoms with Crippen LogP contribution in [-0.4, -0.2) is 29.9 Å². The maximum absolute atomic E-state index is 13.5. The predicted octanol–water partition coefficient (Wildman–Crippen LogP) is 5.29. The van der Waals surface area contributed by atoms with Crippen LogP contribution in [0.1, 0.15) is 48.3 Å². The molecular weight excluding hydrogens is 391 g/mol. The van der Waals surface area contributed by atoms with Crippen LogP contribution in [0.3, 0.4) is 0 Å². The number of piperidine rings is 1. The second-order valence-corrected chi connectivity index (χ2v) is 8.14. The number of ether oxygens (including phenoxy) is 1. The van der Waals surface area contributed by atoms with Gasteiger partial charge < -0.3 is 10.1 Å². The average molecular weight is 417 g/mol. The lowest BCUT2D eigenvalue weighted by Crippen LogP contribution is -2.43. The molecule has 1 unspecified atom stereocenters. The van der Waals surface area contributed by atoms with Crippen LogP contribution < -0.4 is 5.32 Å². The van der Waals surface area contributed by atoms with Crippen molar-refractivity contribution in [1.29, 1.82) is 0 Å². The molecule has 2 aromatic carbocycles. The number of hydrogen-bond donors (Lipinski definition) is 2. The highest BCUT2D eigenvalue weighted by atomic mass is 19.4. The number of nitrogens with one attached hydrogen (secondary N) is 2. The minimum atomic E-state index is -4.42. The summed E-state index contributed by atoms with van der Waals surface area (Å²) in [5.41, 5.74) is 2.02. The first-order chi connectivity index (χ1) is 14.3. The van der Waals surface area contributed by atoms with E-state index in [1.54, 1.807) is 6.92 Å². The standard InChI is InChI=1S/C23H26F3N3O/c1-15-19-12-18(23(24,25)26)13-20(21(19)29-28-15)16(2)30-14-22(8-10-27-11-9-22)17-6-4-3-5-7-17/h3-7,12-13,16,27H,8-11,14H2,1-2H3,(H,28,29). The third kappa shape index (κ3) is 3.96. The highest BCUT2D eigenvalue weighted by Crippen LogP contribution is 2.38. The number of aromatic nitrogens is 2. The van der Waals surface area contributed by atoms with E-state index in [2.05, 4.69) is 27.6 Å². The molecule has 2 heterocycles. The smallest absolute Gasteiger partial charge is 0.373 e. The zero-order valence-electron chi connectivity index (χ0n) is 17.1. The number of benzene rings is 2. The van der Waals surface area contributed by atoms with Gasteiger partial charge in [0.05, 0.1) is 29.5 Å². The van der Waals surface area contributed by atoms with E-state index < -0.39 is 17.8 Å². The van der Waals surface area contributed by atoms with Gasteiger partial charge in [-0.15, -0.1) is 0 Å². The minimum Gasteiger partial charge on any atom is -0.373 e. The van der Waals surface area contributed by atoms with Gasteiger partial charge in [-0.2, -0.15) is 18.3 Å². The Labute approximate surface area is 173 Å². The normalized spacial score (nSPS) is 17.9. The van der Waals surface area contributed by atoms with Gasteiger partial charge in [-0.25, -0.2) is 0 Å². The summed E-state index contributed by atoms with van der Waals surface area (Å²) in [6.45, 7) is 5.74. The number of hydrogen-bond acceptors (Lipinski definition) is 3. The van der Waals surface area contributed by atoms with E-state index in [4.69, 9.17) is 4.74 Å². The van der Waals surface area contributed by atoms with Crippen molar-refractivity contribution < 1.29 is 17.9 Å². The summed E-state index contributed by atoms with van der Waals surface area (Å²) in [4.78, 5) is 0. The molecule has 0 spiro atoms. The highest BCUT2D eigenvalue weighted by Gasteiger charge is 2.36. The zero-order chi connectivity index (χ0) is 21.4. The molecule has 3 aromatic rings. The van der Waals surface area contributed by atoms with E-state index in [1.165, 1.54) is 11.6 Å². The maximum Gasteiger partial charge on any atom is 0.416 e. The van der Waals surface area contributed by atoms with Crippen molar-refractivity contribution in [3.63, 3.8) is 0 Å². The summed E-state index contributed by atoms with van der Waals surface area (Å²) in [5.74, 6) is 0. The van der Waals surface area contributed by atoms with Crippen molar-refractivity contribution in [1.82, 2.24) is 15.5 Å². The van der Waals surface area contributed by atoms with Crippen molar-refractivity contribution in [2.24, 2.45) is 0 Å². The van der Waals surface area contributed by atoms with Crippen LogP contribution in [0.5, 0.6) is 0 Å². The van der Waals surface area contributed by atoms with E-state index >= 15 is 0 Å². The Morgan fingerprint density at radius 1 is 1.13 bits per heavy atom. The lowest BCUT2D eigenvalue weighted by atomic mass is 9.74. The fourth-order valence-corrected chi connectivity index (χ4v) is 4.35.